The average Bonchev–Trinajstić information content (AvgIpc) is 3.20. The predicted molar refractivity (Wildman–Crippen MR) is 103 cm³/mol. The predicted octanol–water partition coefficient (Wildman–Crippen LogP) is 4.37. The van der Waals surface area contributed by atoms with Gasteiger partial charge in [0.25, 0.3) is 0 Å². The first-order valence-corrected chi connectivity index (χ1v) is 9.24. The van der Waals surface area contributed by atoms with E-state index in [9.17, 15) is 0 Å². The number of anilines is 1. The maximum atomic E-state index is 5.93. The lowest BCUT2D eigenvalue weighted by Crippen LogP contribution is -2.40. The number of benzene rings is 2. The maximum Gasteiger partial charge on any atom is 0.247 e. The Bertz CT molecular complexity index is 810. The number of hydrogen-bond acceptors (Lipinski definition) is 5. The number of nitrogens with one attached hydrogen (secondary N) is 1. The van der Waals surface area contributed by atoms with Crippen LogP contribution in [0.15, 0.2) is 65.1 Å². The van der Waals surface area contributed by atoms with Gasteiger partial charge in [-0.25, -0.2) is 0 Å². The third kappa shape index (κ3) is 3.78. The monoisotopic (exact) mass is 348 g/mol. The normalized spacial score (nSPS) is 17.1. The lowest BCUT2D eigenvalue weighted by molar-refractivity contribution is 0.147. The summed E-state index contributed by atoms with van der Waals surface area (Å²) in [5.74, 6) is 1.28. The smallest absolute Gasteiger partial charge is 0.247 e. The lowest BCUT2D eigenvalue weighted by Gasteiger charge is -2.35. The molecule has 26 heavy (non-hydrogen) atoms. The van der Waals surface area contributed by atoms with Crippen LogP contribution >= 0.6 is 0 Å². The van der Waals surface area contributed by atoms with Gasteiger partial charge in [-0.15, -0.1) is 10.2 Å². The summed E-state index contributed by atoms with van der Waals surface area (Å²) in [7, 11) is 0. The minimum absolute atomic E-state index is 0.137. The van der Waals surface area contributed by atoms with E-state index in [0.717, 1.165) is 31.5 Å². The van der Waals surface area contributed by atoms with E-state index in [1.54, 1.807) is 0 Å². The molecule has 1 unspecified atom stereocenters. The van der Waals surface area contributed by atoms with Crippen molar-refractivity contribution in [1.29, 1.82) is 0 Å². The topological polar surface area (TPSA) is 54.2 Å². The molecule has 1 aromatic heterocycles. The molecule has 0 amide bonds. The molecule has 134 valence electrons. The fourth-order valence-electron chi connectivity index (χ4n) is 3.46. The quantitative estimate of drug-likeness (QED) is 0.742. The van der Waals surface area contributed by atoms with Crippen LogP contribution in [0.25, 0.3) is 11.5 Å². The first-order valence-electron chi connectivity index (χ1n) is 9.24. The van der Waals surface area contributed by atoms with Crippen LogP contribution in [0.1, 0.15) is 31.7 Å². The second-order valence-corrected chi connectivity index (χ2v) is 6.81. The van der Waals surface area contributed by atoms with Crippen molar-refractivity contribution in [1.82, 2.24) is 15.1 Å². The summed E-state index contributed by atoms with van der Waals surface area (Å²) in [6.07, 6.45) is 2.22. The van der Waals surface area contributed by atoms with Crippen LogP contribution in [-0.2, 0) is 0 Å². The Kier molecular flexibility index (Phi) is 4.97. The standard InChI is InChI=1S/C21H24N4O/c1-16(20-23-24-21(26-20)17-8-4-2-5-9-17)25-14-12-19(13-15-25)22-18-10-6-3-7-11-18/h2-11,16,19,22H,12-15H2,1H3. The Morgan fingerprint density at radius 1 is 0.962 bits per heavy atom. The highest BCUT2D eigenvalue weighted by Gasteiger charge is 2.26. The van der Waals surface area contributed by atoms with E-state index in [-0.39, 0.29) is 6.04 Å². The lowest BCUT2D eigenvalue weighted by atomic mass is 10.0. The molecule has 1 N–H and O–H groups in total. The fraction of sp³-hybridized carbons (Fsp3) is 0.333. The number of aromatic nitrogens is 2. The first-order chi connectivity index (χ1) is 12.8. The minimum Gasteiger partial charge on any atom is -0.419 e. The largest absolute Gasteiger partial charge is 0.419 e. The van der Waals surface area contributed by atoms with Crippen LogP contribution in [0, 0.1) is 0 Å². The Morgan fingerprint density at radius 3 is 2.31 bits per heavy atom. The van der Waals surface area contributed by atoms with Crippen LogP contribution < -0.4 is 5.32 Å². The van der Waals surface area contributed by atoms with Crippen LogP contribution in [-0.4, -0.2) is 34.2 Å². The van der Waals surface area contributed by atoms with Crippen molar-refractivity contribution in [3.8, 4) is 11.5 Å². The van der Waals surface area contributed by atoms with Crippen molar-refractivity contribution in [3.05, 3.63) is 66.6 Å². The molecule has 2 aromatic carbocycles. The number of likely N-dealkylation sites (tertiary alicyclic amines) is 1. The van der Waals surface area contributed by atoms with Gasteiger partial charge in [0.15, 0.2) is 0 Å². The minimum atomic E-state index is 0.137. The molecule has 1 fully saturated rings. The Morgan fingerprint density at radius 2 is 1.62 bits per heavy atom. The third-order valence-corrected chi connectivity index (χ3v) is 5.04. The third-order valence-electron chi connectivity index (χ3n) is 5.04. The summed E-state index contributed by atoms with van der Waals surface area (Å²) >= 11 is 0. The van der Waals surface area contributed by atoms with Crippen LogP contribution in [0.5, 0.6) is 0 Å². The van der Waals surface area contributed by atoms with Crippen molar-refractivity contribution < 1.29 is 4.42 Å². The molecule has 0 radical (unpaired) electrons. The van der Waals surface area contributed by atoms with E-state index in [1.165, 1.54) is 5.69 Å². The molecule has 0 spiro atoms. The van der Waals surface area contributed by atoms with Gasteiger partial charge in [-0.2, -0.15) is 0 Å². The second kappa shape index (κ2) is 7.70. The summed E-state index contributed by atoms with van der Waals surface area (Å²) in [5.41, 5.74) is 2.16. The molecule has 0 aliphatic carbocycles. The molecule has 2 heterocycles. The zero-order chi connectivity index (χ0) is 17.8. The fourth-order valence-corrected chi connectivity index (χ4v) is 3.46. The van der Waals surface area contributed by atoms with Gasteiger partial charge >= 0.3 is 0 Å². The summed E-state index contributed by atoms with van der Waals surface area (Å²) < 4.78 is 5.93. The van der Waals surface area contributed by atoms with E-state index < -0.39 is 0 Å². The van der Waals surface area contributed by atoms with Crippen LogP contribution in [0.4, 0.5) is 5.69 Å². The van der Waals surface area contributed by atoms with Gasteiger partial charge in [0, 0.05) is 30.4 Å². The summed E-state index contributed by atoms with van der Waals surface area (Å²) in [6.45, 7) is 4.19. The van der Waals surface area contributed by atoms with Crippen molar-refractivity contribution in [2.24, 2.45) is 0 Å². The van der Waals surface area contributed by atoms with Gasteiger partial charge in [0.05, 0.1) is 6.04 Å². The van der Waals surface area contributed by atoms with Crippen molar-refractivity contribution in [2.75, 3.05) is 18.4 Å². The van der Waals surface area contributed by atoms with Gasteiger partial charge in [0.1, 0.15) is 0 Å². The molecule has 1 aliphatic rings. The SMILES string of the molecule is CC(c1nnc(-c2ccccc2)o1)N1CCC(Nc2ccccc2)CC1. The number of piperidine rings is 1. The van der Waals surface area contributed by atoms with Crippen molar-refractivity contribution >= 4 is 5.69 Å². The van der Waals surface area contributed by atoms with Gasteiger partial charge in [-0.3, -0.25) is 4.90 Å². The molecule has 4 rings (SSSR count). The van der Waals surface area contributed by atoms with Gasteiger partial charge in [-0.1, -0.05) is 36.4 Å². The van der Waals surface area contributed by atoms with E-state index in [2.05, 4.69) is 51.6 Å². The molecule has 5 heteroatoms. The van der Waals surface area contributed by atoms with Gasteiger partial charge < -0.3 is 9.73 Å². The van der Waals surface area contributed by atoms with E-state index in [4.69, 9.17) is 4.42 Å². The average molecular weight is 348 g/mol. The molecule has 5 nitrogen and oxygen atoms in total. The zero-order valence-electron chi connectivity index (χ0n) is 15.0. The Labute approximate surface area is 154 Å². The van der Waals surface area contributed by atoms with Crippen LogP contribution in [0.2, 0.25) is 0 Å². The summed E-state index contributed by atoms with van der Waals surface area (Å²) in [5, 5.41) is 12.1. The maximum absolute atomic E-state index is 5.93. The highest BCUT2D eigenvalue weighted by atomic mass is 16.4. The first kappa shape index (κ1) is 16.8. The molecule has 1 saturated heterocycles. The van der Waals surface area contributed by atoms with Crippen LogP contribution in [0.3, 0.4) is 0 Å². The summed E-state index contributed by atoms with van der Waals surface area (Å²) in [6, 6.07) is 21.0. The Balaban J connectivity index is 1.35. The van der Waals surface area contributed by atoms with E-state index >= 15 is 0 Å². The van der Waals surface area contributed by atoms with Gasteiger partial charge in [-0.05, 0) is 44.0 Å². The van der Waals surface area contributed by atoms with Crippen molar-refractivity contribution in [2.45, 2.75) is 31.8 Å². The molecule has 0 bridgehead atoms. The molecular formula is C21H24N4O. The molecule has 1 aliphatic heterocycles. The van der Waals surface area contributed by atoms with Crippen molar-refractivity contribution in [3.63, 3.8) is 0 Å². The van der Waals surface area contributed by atoms with E-state index in [0.29, 0.717) is 17.8 Å². The Hall–Kier alpha value is -2.66. The highest BCUT2D eigenvalue weighted by molar-refractivity contribution is 5.51. The second-order valence-electron chi connectivity index (χ2n) is 6.81. The van der Waals surface area contributed by atoms with E-state index in [1.807, 2.05) is 36.4 Å². The zero-order valence-corrected chi connectivity index (χ0v) is 15.0. The highest BCUT2D eigenvalue weighted by Crippen LogP contribution is 2.27. The van der Waals surface area contributed by atoms with Gasteiger partial charge in [0.2, 0.25) is 11.8 Å². The molecular weight excluding hydrogens is 324 g/mol. The summed E-state index contributed by atoms with van der Waals surface area (Å²) in [4.78, 5) is 2.42. The molecule has 1 atom stereocenters. The number of hydrogen-bond donors (Lipinski definition) is 1. The molecule has 3 aromatic rings. The number of nitrogens with zero attached hydrogens (tertiary/aromatic N) is 3. The number of rotatable bonds is 5. The molecule has 0 saturated carbocycles. The number of para-hydroxylation sites is 1.